The zero-order valence-electron chi connectivity index (χ0n) is 16.7. The summed E-state index contributed by atoms with van der Waals surface area (Å²) < 4.78 is 16.7. The van der Waals surface area contributed by atoms with Crippen LogP contribution in [0.4, 0.5) is 21.9 Å². The van der Waals surface area contributed by atoms with Crippen LogP contribution in [0.1, 0.15) is 0 Å². The topological polar surface area (TPSA) is 105 Å². The number of hydrogen-bond donors (Lipinski definition) is 3. The maximum atomic E-state index is 12.4. The van der Waals surface area contributed by atoms with E-state index in [1.807, 2.05) is 30.5 Å². The number of hydrogen-bond acceptors (Lipinski definition) is 5. The average molecular weight is 422 g/mol. The van der Waals surface area contributed by atoms with Crippen LogP contribution in [-0.2, 0) is 14.3 Å². The van der Waals surface area contributed by atoms with Crippen molar-refractivity contribution in [3.63, 3.8) is 0 Å². The summed E-state index contributed by atoms with van der Waals surface area (Å²) in [5, 5.41) is 6.69. The van der Waals surface area contributed by atoms with Crippen molar-refractivity contribution in [3.05, 3.63) is 48.7 Å². The molecule has 1 saturated heterocycles. The van der Waals surface area contributed by atoms with Gasteiger partial charge < -0.3 is 34.7 Å². The Labute approximate surface area is 178 Å². The number of anilines is 3. The molecule has 1 aromatic heterocycles. The largest absolute Gasteiger partial charge is 0.481 e. The van der Waals surface area contributed by atoms with Gasteiger partial charge in [-0.3, -0.25) is 4.79 Å². The monoisotopic (exact) mass is 422 g/mol. The Bertz CT molecular complexity index is 1120. The fraction of sp³-hybridized carbons (Fsp3) is 0.273. The number of carbonyl (C=O) groups is 2. The number of aromatic nitrogens is 1. The molecule has 31 heavy (non-hydrogen) atoms. The molecule has 3 heterocycles. The summed E-state index contributed by atoms with van der Waals surface area (Å²) in [7, 11) is 0. The van der Waals surface area contributed by atoms with E-state index in [1.165, 1.54) is 0 Å². The molecule has 1 unspecified atom stereocenters. The Morgan fingerprint density at radius 3 is 2.77 bits per heavy atom. The van der Waals surface area contributed by atoms with Crippen LogP contribution < -0.4 is 20.3 Å². The number of aromatic amines is 1. The van der Waals surface area contributed by atoms with Gasteiger partial charge in [-0.05, 0) is 35.7 Å². The molecule has 5 rings (SSSR count). The van der Waals surface area contributed by atoms with Crippen LogP contribution in [0.15, 0.2) is 48.7 Å². The average Bonchev–Trinajstić information content (AvgIpc) is 3.24. The summed E-state index contributed by atoms with van der Waals surface area (Å²) in [6, 6.07) is 12.4. The van der Waals surface area contributed by atoms with Crippen molar-refractivity contribution < 1.29 is 23.8 Å². The fourth-order valence-electron chi connectivity index (χ4n) is 3.75. The fourth-order valence-corrected chi connectivity index (χ4v) is 3.75. The molecule has 9 nitrogen and oxygen atoms in total. The third kappa shape index (κ3) is 4.18. The maximum absolute atomic E-state index is 12.4. The normalized spacial score (nSPS) is 18.4. The van der Waals surface area contributed by atoms with Crippen molar-refractivity contribution in [3.8, 4) is 5.75 Å². The standard InChI is InChI=1S/C22H22N4O5/c27-21-13-31-20-10-16(3-4-19(20)26(21)11-17-12-29-7-8-30-17)25-22(28)24-15-2-1-14-5-6-23-18(14)9-15/h1-6,9-10,17,23H,7-8,11-13H2,(H2,24,25,28). The van der Waals surface area contributed by atoms with Crippen LogP contribution in [0, 0.1) is 0 Å². The summed E-state index contributed by atoms with van der Waals surface area (Å²) in [6.07, 6.45) is 1.67. The maximum Gasteiger partial charge on any atom is 0.323 e. The molecule has 3 N–H and O–H groups in total. The number of carbonyl (C=O) groups excluding carboxylic acids is 2. The molecule has 2 aliphatic rings. The van der Waals surface area contributed by atoms with E-state index in [9.17, 15) is 9.59 Å². The minimum absolute atomic E-state index is 0.0631. The predicted octanol–water partition coefficient (Wildman–Crippen LogP) is 2.95. The number of rotatable bonds is 4. The minimum atomic E-state index is -0.373. The Hall–Kier alpha value is -3.56. The summed E-state index contributed by atoms with van der Waals surface area (Å²) in [5.74, 6) is 0.391. The van der Waals surface area contributed by atoms with Gasteiger partial charge in [0.25, 0.3) is 5.91 Å². The van der Waals surface area contributed by atoms with E-state index in [-0.39, 0.29) is 24.6 Å². The van der Waals surface area contributed by atoms with Crippen molar-refractivity contribution in [2.75, 3.05) is 48.5 Å². The van der Waals surface area contributed by atoms with Crippen LogP contribution in [-0.4, -0.2) is 56.0 Å². The first-order valence-corrected chi connectivity index (χ1v) is 10.1. The molecule has 2 aromatic carbocycles. The highest BCUT2D eigenvalue weighted by Gasteiger charge is 2.29. The van der Waals surface area contributed by atoms with Crippen LogP contribution in [0.5, 0.6) is 5.75 Å². The molecule has 1 atom stereocenters. The molecule has 0 saturated carbocycles. The molecule has 160 valence electrons. The summed E-state index contributed by atoms with van der Waals surface area (Å²) >= 11 is 0. The molecule has 3 amide bonds. The summed E-state index contributed by atoms with van der Waals surface area (Å²) in [5.41, 5.74) is 2.82. The van der Waals surface area contributed by atoms with Gasteiger partial charge in [0, 0.05) is 29.2 Å². The van der Waals surface area contributed by atoms with E-state index in [2.05, 4.69) is 15.6 Å². The lowest BCUT2D eigenvalue weighted by atomic mass is 10.2. The molecular weight excluding hydrogens is 400 g/mol. The number of ether oxygens (including phenoxy) is 3. The van der Waals surface area contributed by atoms with Gasteiger partial charge in [-0.25, -0.2) is 4.79 Å². The van der Waals surface area contributed by atoms with Crippen molar-refractivity contribution in [2.24, 2.45) is 0 Å². The molecule has 1 fully saturated rings. The first-order valence-electron chi connectivity index (χ1n) is 10.1. The molecule has 2 aliphatic heterocycles. The van der Waals surface area contributed by atoms with Crippen LogP contribution in [0.3, 0.4) is 0 Å². The quantitative estimate of drug-likeness (QED) is 0.600. The first-order chi connectivity index (χ1) is 15.2. The lowest BCUT2D eigenvalue weighted by molar-refractivity contribution is -0.123. The number of fused-ring (bicyclic) bond motifs is 2. The van der Waals surface area contributed by atoms with Gasteiger partial charge in [0.2, 0.25) is 0 Å². The highest BCUT2D eigenvalue weighted by Crippen LogP contribution is 2.35. The smallest absolute Gasteiger partial charge is 0.323 e. The Morgan fingerprint density at radius 1 is 1.10 bits per heavy atom. The van der Waals surface area contributed by atoms with Crippen molar-refractivity contribution >= 4 is 39.9 Å². The van der Waals surface area contributed by atoms with Gasteiger partial charge in [-0.1, -0.05) is 6.07 Å². The second kappa shape index (κ2) is 8.29. The summed E-state index contributed by atoms with van der Waals surface area (Å²) in [4.78, 5) is 29.6. The zero-order valence-corrected chi connectivity index (χ0v) is 16.7. The second-order valence-electron chi connectivity index (χ2n) is 7.40. The lowest BCUT2D eigenvalue weighted by Crippen LogP contribution is -2.46. The van der Waals surface area contributed by atoms with E-state index in [0.717, 1.165) is 10.9 Å². The highest BCUT2D eigenvalue weighted by atomic mass is 16.6. The molecule has 0 spiro atoms. The highest BCUT2D eigenvalue weighted by molar-refractivity contribution is 6.02. The predicted molar refractivity (Wildman–Crippen MR) is 116 cm³/mol. The van der Waals surface area contributed by atoms with Gasteiger partial charge in [0.15, 0.2) is 6.61 Å². The number of H-pyrrole nitrogens is 1. The van der Waals surface area contributed by atoms with E-state index in [0.29, 0.717) is 49.2 Å². The zero-order chi connectivity index (χ0) is 21.2. The Balaban J connectivity index is 1.27. The van der Waals surface area contributed by atoms with E-state index >= 15 is 0 Å². The van der Waals surface area contributed by atoms with Gasteiger partial charge in [0.1, 0.15) is 5.75 Å². The Morgan fingerprint density at radius 2 is 1.94 bits per heavy atom. The first kappa shape index (κ1) is 19.4. The number of nitrogens with one attached hydrogen (secondary N) is 3. The molecule has 3 aromatic rings. The minimum Gasteiger partial charge on any atom is -0.481 e. The summed E-state index contributed by atoms with van der Waals surface area (Å²) in [6.45, 7) is 1.87. The number of amides is 3. The van der Waals surface area contributed by atoms with E-state index in [1.54, 1.807) is 23.1 Å². The third-order valence-corrected chi connectivity index (χ3v) is 5.24. The van der Waals surface area contributed by atoms with Crippen LogP contribution >= 0.6 is 0 Å². The second-order valence-corrected chi connectivity index (χ2v) is 7.40. The molecular formula is C22H22N4O5. The van der Waals surface area contributed by atoms with E-state index < -0.39 is 0 Å². The molecule has 0 aliphatic carbocycles. The van der Waals surface area contributed by atoms with Crippen molar-refractivity contribution in [2.45, 2.75) is 6.10 Å². The number of nitrogens with zero attached hydrogens (tertiary/aromatic N) is 1. The van der Waals surface area contributed by atoms with Crippen molar-refractivity contribution in [1.29, 1.82) is 0 Å². The van der Waals surface area contributed by atoms with E-state index in [4.69, 9.17) is 14.2 Å². The van der Waals surface area contributed by atoms with Crippen LogP contribution in [0.25, 0.3) is 10.9 Å². The molecule has 0 radical (unpaired) electrons. The van der Waals surface area contributed by atoms with Crippen LogP contribution in [0.2, 0.25) is 0 Å². The van der Waals surface area contributed by atoms with Gasteiger partial charge in [-0.2, -0.15) is 0 Å². The lowest BCUT2D eigenvalue weighted by Gasteiger charge is -2.33. The van der Waals surface area contributed by atoms with Gasteiger partial charge >= 0.3 is 6.03 Å². The van der Waals surface area contributed by atoms with Gasteiger partial charge in [0.05, 0.1) is 38.2 Å². The molecule has 0 bridgehead atoms. The van der Waals surface area contributed by atoms with Gasteiger partial charge in [-0.15, -0.1) is 0 Å². The molecule has 9 heteroatoms. The number of benzene rings is 2. The number of urea groups is 1. The SMILES string of the molecule is O=C(Nc1ccc2c(c1)OCC(=O)N2CC1COCCO1)Nc1ccc2cc[nH]c2c1. The van der Waals surface area contributed by atoms with Crippen molar-refractivity contribution in [1.82, 2.24) is 4.98 Å². The Kier molecular flexibility index (Phi) is 5.19. The third-order valence-electron chi connectivity index (χ3n) is 5.24.